The third-order valence-corrected chi connectivity index (χ3v) is 4.66. The van der Waals surface area contributed by atoms with Gasteiger partial charge in [0.15, 0.2) is 17.0 Å². The van der Waals surface area contributed by atoms with Crippen molar-refractivity contribution in [1.82, 2.24) is 10.3 Å². The van der Waals surface area contributed by atoms with Gasteiger partial charge in [0.1, 0.15) is 6.54 Å². The molecule has 3 rings (SSSR count). The summed E-state index contributed by atoms with van der Waals surface area (Å²) in [7, 11) is 0. The maximum absolute atomic E-state index is 12.2. The summed E-state index contributed by atoms with van der Waals surface area (Å²) in [6.07, 6.45) is 0.182. The van der Waals surface area contributed by atoms with Crippen LogP contribution in [0.15, 0.2) is 52.5 Å². The average Bonchev–Trinajstić information content (AvgIpc) is 3.44. The molecule has 0 spiro atoms. The molecule has 0 saturated heterocycles. The summed E-state index contributed by atoms with van der Waals surface area (Å²) < 4.78 is 9.89. The van der Waals surface area contributed by atoms with Gasteiger partial charge in [0.2, 0.25) is 0 Å². The smallest absolute Gasteiger partial charge is 0.326 e. The summed E-state index contributed by atoms with van der Waals surface area (Å²) in [5, 5.41) is 17.6. The Morgan fingerprint density at radius 3 is 2.81 bits per heavy atom. The molecule has 1 aromatic carbocycles. The molecule has 31 heavy (non-hydrogen) atoms. The van der Waals surface area contributed by atoms with Crippen LogP contribution in [0.1, 0.15) is 17.5 Å². The van der Waals surface area contributed by atoms with Crippen molar-refractivity contribution in [3.8, 4) is 11.3 Å². The average molecular weight is 444 g/mol. The number of benzene rings is 1. The summed E-state index contributed by atoms with van der Waals surface area (Å²) in [6, 6.07) is 8.91. The molecule has 0 fully saturated rings. The molecule has 0 aliphatic carbocycles. The van der Waals surface area contributed by atoms with Gasteiger partial charge in [0.25, 0.3) is 17.5 Å². The van der Waals surface area contributed by atoms with Gasteiger partial charge in [-0.05, 0) is 19.1 Å². The number of aromatic nitrogens is 1. The van der Waals surface area contributed by atoms with Crippen molar-refractivity contribution < 1.29 is 28.5 Å². The van der Waals surface area contributed by atoms with Crippen molar-refractivity contribution in [3.05, 3.63) is 63.9 Å². The highest BCUT2D eigenvalue weighted by Gasteiger charge is 2.20. The fourth-order valence-electron chi connectivity index (χ4n) is 2.39. The number of rotatable bonds is 8. The fraction of sp³-hybridized carbons (Fsp3) is 0.158. The number of hydrogen-bond acceptors (Lipinski definition) is 9. The molecule has 2 heterocycles. The van der Waals surface area contributed by atoms with E-state index in [0.29, 0.717) is 11.3 Å². The summed E-state index contributed by atoms with van der Waals surface area (Å²) >= 11 is 1.12. The van der Waals surface area contributed by atoms with Gasteiger partial charge in [-0.3, -0.25) is 29.8 Å². The van der Waals surface area contributed by atoms with Gasteiger partial charge in [-0.15, -0.1) is 11.3 Å². The second-order valence-electron chi connectivity index (χ2n) is 6.13. The normalized spacial score (nSPS) is 11.4. The summed E-state index contributed by atoms with van der Waals surface area (Å²) in [6.45, 7) is 0.933. The SMILES string of the molecule is C[C@H](OC(=O)CNC(=O)c1ccco1)C(=O)Nc1nc(-c2cccc([N+](=O)[O-])c2)cs1. The predicted octanol–water partition coefficient (Wildman–Crippen LogP) is 2.61. The number of carbonyl (C=O) groups is 3. The molecule has 0 radical (unpaired) electrons. The molecule has 3 aromatic rings. The number of ether oxygens (including phenoxy) is 1. The molecule has 0 bridgehead atoms. The lowest BCUT2D eigenvalue weighted by Crippen LogP contribution is -2.35. The van der Waals surface area contributed by atoms with Crippen LogP contribution in [0.5, 0.6) is 0 Å². The minimum absolute atomic E-state index is 0.0434. The van der Waals surface area contributed by atoms with Crippen molar-refractivity contribution >= 4 is 39.9 Å². The van der Waals surface area contributed by atoms with E-state index in [1.54, 1.807) is 11.4 Å². The molecular formula is C19H16N4O7S. The van der Waals surface area contributed by atoms with Crippen LogP contribution in [0, 0.1) is 10.1 Å². The highest BCUT2D eigenvalue weighted by atomic mass is 32.1. The summed E-state index contributed by atoms with van der Waals surface area (Å²) in [5.74, 6) is -1.97. The van der Waals surface area contributed by atoms with Crippen LogP contribution in [0.4, 0.5) is 10.8 Å². The third-order valence-electron chi connectivity index (χ3n) is 3.90. The Hall–Kier alpha value is -4.06. The van der Waals surface area contributed by atoms with Crippen LogP contribution in [0.3, 0.4) is 0 Å². The number of nitro benzene ring substituents is 1. The quantitative estimate of drug-likeness (QED) is 0.305. The van der Waals surface area contributed by atoms with E-state index in [1.165, 1.54) is 43.5 Å². The lowest BCUT2D eigenvalue weighted by Gasteiger charge is -2.12. The first-order valence-corrected chi connectivity index (χ1v) is 9.74. The lowest BCUT2D eigenvalue weighted by atomic mass is 10.1. The largest absolute Gasteiger partial charge is 0.459 e. The molecule has 2 amide bonds. The highest BCUT2D eigenvalue weighted by molar-refractivity contribution is 7.14. The topological polar surface area (TPSA) is 154 Å². The molecule has 0 saturated carbocycles. The summed E-state index contributed by atoms with van der Waals surface area (Å²) in [5.41, 5.74) is 0.905. The highest BCUT2D eigenvalue weighted by Crippen LogP contribution is 2.27. The molecule has 11 nitrogen and oxygen atoms in total. The van der Waals surface area contributed by atoms with Crippen molar-refractivity contribution in [3.63, 3.8) is 0 Å². The molecule has 160 valence electrons. The Bertz CT molecular complexity index is 1110. The van der Waals surface area contributed by atoms with Gasteiger partial charge >= 0.3 is 5.97 Å². The van der Waals surface area contributed by atoms with Crippen LogP contribution in [-0.2, 0) is 14.3 Å². The molecule has 1 atom stereocenters. The standard InChI is InChI=1S/C19H16N4O7S/c1-11(30-16(24)9-20-18(26)15-6-3-7-29-15)17(25)22-19-21-14(10-31-19)12-4-2-5-13(8-12)23(27)28/h2-8,10-11H,9H2,1H3,(H,20,26)(H,21,22,25)/t11-/m0/s1. The fourth-order valence-corrected chi connectivity index (χ4v) is 3.11. The van der Waals surface area contributed by atoms with Gasteiger partial charge in [0, 0.05) is 23.1 Å². The van der Waals surface area contributed by atoms with Gasteiger partial charge in [-0.25, -0.2) is 4.98 Å². The molecular weight excluding hydrogens is 428 g/mol. The number of non-ortho nitro benzene ring substituents is 1. The van der Waals surface area contributed by atoms with E-state index >= 15 is 0 Å². The number of furan rings is 1. The van der Waals surface area contributed by atoms with Crippen LogP contribution < -0.4 is 10.6 Å². The number of hydrogen-bond donors (Lipinski definition) is 2. The van der Waals surface area contributed by atoms with Crippen LogP contribution in [0.2, 0.25) is 0 Å². The second-order valence-corrected chi connectivity index (χ2v) is 6.98. The number of nitro groups is 1. The van der Waals surface area contributed by atoms with Crippen molar-refractivity contribution in [1.29, 1.82) is 0 Å². The summed E-state index contributed by atoms with van der Waals surface area (Å²) in [4.78, 5) is 50.4. The minimum atomic E-state index is -1.14. The van der Waals surface area contributed by atoms with Gasteiger partial charge < -0.3 is 14.5 Å². The van der Waals surface area contributed by atoms with Crippen LogP contribution >= 0.6 is 11.3 Å². The molecule has 0 aliphatic heterocycles. The zero-order valence-electron chi connectivity index (χ0n) is 16.1. The first-order chi connectivity index (χ1) is 14.8. The number of nitrogens with one attached hydrogen (secondary N) is 2. The Balaban J connectivity index is 1.52. The van der Waals surface area contributed by atoms with Crippen molar-refractivity contribution in [2.75, 3.05) is 11.9 Å². The Kier molecular flexibility index (Phi) is 6.72. The van der Waals surface area contributed by atoms with E-state index in [4.69, 9.17) is 9.15 Å². The Morgan fingerprint density at radius 1 is 1.29 bits per heavy atom. The molecule has 0 aliphatic rings. The predicted molar refractivity (Wildman–Crippen MR) is 109 cm³/mol. The number of esters is 1. The Labute approximate surface area is 179 Å². The number of anilines is 1. The zero-order chi connectivity index (χ0) is 22.4. The maximum Gasteiger partial charge on any atom is 0.326 e. The van der Waals surface area contributed by atoms with E-state index < -0.39 is 35.4 Å². The van der Waals surface area contributed by atoms with Gasteiger partial charge in [0.05, 0.1) is 16.9 Å². The monoisotopic (exact) mass is 444 g/mol. The molecule has 12 heteroatoms. The molecule has 2 N–H and O–H groups in total. The van der Waals surface area contributed by atoms with E-state index in [-0.39, 0.29) is 16.6 Å². The Morgan fingerprint density at radius 2 is 2.10 bits per heavy atom. The zero-order valence-corrected chi connectivity index (χ0v) is 16.9. The minimum Gasteiger partial charge on any atom is -0.459 e. The van der Waals surface area contributed by atoms with E-state index in [1.807, 2.05) is 0 Å². The maximum atomic E-state index is 12.2. The van der Waals surface area contributed by atoms with Crippen molar-refractivity contribution in [2.45, 2.75) is 13.0 Å². The number of thiazole rings is 1. The lowest BCUT2D eigenvalue weighted by molar-refractivity contribution is -0.384. The molecule has 2 aromatic heterocycles. The number of nitrogens with zero attached hydrogens (tertiary/aromatic N) is 2. The van der Waals surface area contributed by atoms with Crippen LogP contribution in [0.25, 0.3) is 11.3 Å². The number of carbonyl (C=O) groups excluding carboxylic acids is 3. The first kappa shape index (κ1) is 21.6. The third kappa shape index (κ3) is 5.73. The first-order valence-electron chi connectivity index (χ1n) is 8.86. The van der Waals surface area contributed by atoms with E-state index in [0.717, 1.165) is 11.3 Å². The van der Waals surface area contributed by atoms with Crippen molar-refractivity contribution in [2.24, 2.45) is 0 Å². The van der Waals surface area contributed by atoms with E-state index in [9.17, 15) is 24.5 Å². The second kappa shape index (κ2) is 9.63. The molecule has 0 unspecified atom stereocenters. The van der Waals surface area contributed by atoms with E-state index in [2.05, 4.69) is 15.6 Å². The van der Waals surface area contributed by atoms with Crippen LogP contribution in [-0.4, -0.2) is 40.3 Å². The van der Waals surface area contributed by atoms with Gasteiger partial charge in [-0.1, -0.05) is 12.1 Å². The van der Waals surface area contributed by atoms with Gasteiger partial charge in [-0.2, -0.15) is 0 Å². The number of amides is 2.